The van der Waals surface area contributed by atoms with Crippen molar-refractivity contribution in [2.75, 3.05) is 20.3 Å². The maximum atomic E-state index is 12.4. The molecule has 4 nitrogen and oxygen atoms in total. The third-order valence-electron chi connectivity index (χ3n) is 2.17. The predicted molar refractivity (Wildman–Crippen MR) is 57.6 cm³/mol. The number of methoxy groups -OCH3 is 1. The second-order valence-corrected chi connectivity index (χ2v) is 3.54. The van der Waals surface area contributed by atoms with Crippen LogP contribution in [0, 0.1) is 0 Å². The third-order valence-corrected chi connectivity index (χ3v) is 2.17. The molecule has 1 aromatic rings. The number of halogens is 3. The minimum absolute atomic E-state index is 0.0364. The van der Waals surface area contributed by atoms with Crippen LogP contribution in [0.5, 0.6) is 0 Å². The van der Waals surface area contributed by atoms with Gasteiger partial charge in [0.1, 0.15) is 0 Å². The number of ether oxygens (including phenoxy) is 1. The van der Waals surface area contributed by atoms with Gasteiger partial charge in [-0.3, -0.25) is 9.78 Å². The molecule has 0 N–H and O–H groups in total. The van der Waals surface area contributed by atoms with E-state index in [4.69, 9.17) is 4.74 Å². The number of nitrogens with zero attached hydrogens (tertiary/aromatic N) is 2. The number of amides is 1. The molecule has 1 rings (SSSR count). The Balaban J connectivity index is 2.76. The summed E-state index contributed by atoms with van der Waals surface area (Å²) in [5.41, 5.74) is 0.395. The Bertz CT molecular complexity index is 382. The summed E-state index contributed by atoms with van der Waals surface area (Å²) in [5.74, 6) is -1.88. The average Bonchev–Trinajstić information content (AvgIpc) is 2.33. The number of rotatable bonds is 5. The monoisotopic (exact) mass is 262 g/mol. The van der Waals surface area contributed by atoms with E-state index in [1.165, 1.54) is 13.3 Å². The van der Waals surface area contributed by atoms with Gasteiger partial charge in [0.2, 0.25) is 0 Å². The summed E-state index contributed by atoms with van der Waals surface area (Å²) in [6.45, 7) is -0.289. The van der Waals surface area contributed by atoms with Crippen LogP contribution in [0.4, 0.5) is 13.2 Å². The van der Waals surface area contributed by atoms with Gasteiger partial charge in [-0.15, -0.1) is 0 Å². The Hall–Kier alpha value is -1.63. The standard InChI is InChI=1S/C11H13F3N2O2/c1-18-7-6-16(10(17)11(12,13)14)8-9-4-2-3-5-15-9/h2-5H,6-8H2,1H3. The Labute approximate surface area is 102 Å². The van der Waals surface area contributed by atoms with Gasteiger partial charge in [0.05, 0.1) is 18.8 Å². The number of alkyl halides is 3. The van der Waals surface area contributed by atoms with Gasteiger partial charge in [0.25, 0.3) is 0 Å². The SMILES string of the molecule is COCCN(Cc1ccccn1)C(=O)C(F)(F)F. The predicted octanol–water partition coefficient (Wildman–Crippen LogP) is 1.62. The molecule has 1 heterocycles. The van der Waals surface area contributed by atoms with Gasteiger partial charge in [-0.2, -0.15) is 13.2 Å². The number of hydrogen-bond donors (Lipinski definition) is 0. The molecular weight excluding hydrogens is 249 g/mol. The number of pyridine rings is 1. The van der Waals surface area contributed by atoms with Gasteiger partial charge in [0, 0.05) is 19.9 Å². The molecular formula is C11H13F3N2O2. The van der Waals surface area contributed by atoms with Crippen LogP contribution in [0.15, 0.2) is 24.4 Å². The first kappa shape index (κ1) is 14.4. The molecule has 1 aromatic heterocycles. The van der Waals surface area contributed by atoms with Gasteiger partial charge in [-0.1, -0.05) is 6.07 Å². The third kappa shape index (κ3) is 4.33. The van der Waals surface area contributed by atoms with Gasteiger partial charge in [0.15, 0.2) is 0 Å². The lowest BCUT2D eigenvalue weighted by Crippen LogP contribution is -2.42. The summed E-state index contributed by atoms with van der Waals surface area (Å²) in [4.78, 5) is 15.8. The van der Waals surface area contributed by atoms with Crippen LogP contribution < -0.4 is 0 Å². The lowest BCUT2D eigenvalue weighted by molar-refractivity contribution is -0.186. The highest BCUT2D eigenvalue weighted by Gasteiger charge is 2.42. The Morgan fingerprint density at radius 1 is 1.44 bits per heavy atom. The quantitative estimate of drug-likeness (QED) is 0.809. The van der Waals surface area contributed by atoms with E-state index in [9.17, 15) is 18.0 Å². The maximum absolute atomic E-state index is 12.4. The van der Waals surface area contributed by atoms with Gasteiger partial charge in [-0.05, 0) is 12.1 Å². The van der Waals surface area contributed by atoms with E-state index in [2.05, 4.69) is 4.98 Å². The van der Waals surface area contributed by atoms with Crippen molar-refractivity contribution in [2.45, 2.75) is 12.7 Å². The zero-order valence-corrected chi connectivity index (χ0v) is 9.78. The molecule has 100 valence electrons. The molecule has 0 bridgehead atoms. The minimum Gasteiger partial charge on any atom is -0.383 e. The molecule has 0 unspecified atom stereocenters. The second kappa shape index (κ2) is 6.34. The van der Waals surface area contributed by atoms with E-state index < -0.39 is 12.1 Å². The molecule has 0 fully saturated rings. The molecule has 18 heavy (non-hydrogen) atoms. The highest BCUT2D eigenvalue weighted by Crippen LogP contribution is 2.19. The van der Waals surface area contributed by atoms with Crippen molar-refractivity contribution in [1.29, 1.82) is 0 Å². The number of carbonyl (C=O) groups is 1. The first-order valence-corrected chi connectivity index (χ1v) is 5.20. The van der Waals surface area contributed by atoms with E-state index in [1.807, 2.05) is 0 Å². The lowest BCUT2D eigenvalue weighted by atomic mass is 10.3. The van der Waals surface area contributed by atoms with Crippen LogP contribution in [-0.2, 0) is 16.1 Å². The molecule has 1 amide bonds. The zero-order chi connectivity index (χ0) is 13.6. The summed E-state index contributed by atoms with van der Waals surface area (Å²) in [7, 11) is 1.36. The van der Waals surface area contributed by atoms with Crippen LogP contribution in [-0.4, -0.2) is 42.2 Å². The Morgan fingerprint density at radius 3 is 2.67 bits per heavy atom. The van der Waals surface area contributed by atoms with Gasteiger partial charge >= 0.3 is 12.1 Å². The van der Waals surface area contributed by atoms with Crippen LogP contribution >= 0.6 is 0 Å². The molecule has 0 aliphatic heterocycles. The molecule has 0 saturated heterocycles. The first-order chi connectivity index (χ1) is 8.45. The van der Waals surface area contributed by atoms with Crippen molar-refractivity contribution in [2.24, 2.45) is 0 Å². The molecule has 0 radical (unpaired) electrons. The topological polar surface area (TPSA) is 42.4 Å². The number of hydrogen-bond acceptors (Lipinski definition) is 3. The van der Waals surface area contributed by atoms with E-state index >= 15 is 0 Å². The van der Waals surface area contributed by atoms with Crippen LogP contribution in [0.3, 0.4) is 0 Å². The molecule has 0 aliphatic rings. The van der Waals surface area contributed by atoms with E-state index in [1.54, 1.807) is 18.2 Å². The van der Waals surface area contributed by atoms with Crippen molar-refractivity contribution >= 4 is 5.91 Å². The normalized spacial score (nSPS) is 11.3. The summed E-state index contributed by atoms with van der Waals surface area (Å²) >= 11 is 0. The maximum Gasteiger partial charge on any atom is 0.471 e. The summed E-state index contributed by atoms with van der Waals surface area (Å²) < 4.78 is 41.8. The van der Waals surface area contributed by atoms with E-state index in [-0.39, 0.29) is 19.7 Å². The molecule has 0 atom stereocenters. The Kier molecular flexibility index (Phi) is 5.08. The van der Waals surface area contributed by atoms with Crippen molar-refractivity contribution in [1.82, 2.24) is 9.88 Å². The summed E-state index contributed by atoms with van der Waals surface area (Å²) in [6, 6.07) is 4.85. The summed E-state index contributed by atoms with van der Waals surface area (Å²) in [5, 5.41) is 0. The molecule has 0 aliphatic carbocycles. The fraction of sp³-hybridized carbons (Fsp3) is 0.455. The van der Waals surface area contributed by atoms with Crippen molar-refractivity contribution in [3.05, 3.63) is 30.1 Å². The molecule has 7 heteroatoms. The average molecular weight is 262 g/mol. The summed E-state index contributed by atoms with van der Waals surface area (Å²) in [6.07, 6.45) is -3.43. The largest absolute Gasteiger partial charge is 0.471 e. The van der Waals surface area contributed by atoms with Crippen LogP contribution in [0.25, 0.3) is 0 Å². The van der Waals surface area contributed by atoms with Gasteiger partial charge < -0.3 is 9.64 Å². The highest BCUT2D eigenvalue weighted by atomic mass is 19.4. The van der Waals surface area contributed by atoms with Crippen molar-refractivity contribution in [3.8, 4) is 0 Å². The fourth-order valence-electron chi connectivity index (χ4n) is 1.32. The lowest BCUT2D eigenvalue weighted by Gasteiger charge is -2.22. The fourth-order valence-corrected chi connectivity index (χ4v) is 1.32. The Morgan fingerprint density at radius 2 is 2.17 bits per heavy atom. The molecule has 0 saturated carbocycles. The van der Waals surface area contributed by atoms with Crippen molar-refractivity contribution < 1.29 is 22.7 Å². The van der Waals surface area contributed by atoms with Crippen molar-refractivity contribution in [3.63, 3.8) is 0 Å². The minimum atomic E-state index is -4.89. The second-order valence-electron chi connectivity index (χ2n) is 3.54. The molecule has 0 spiro atoms. The zero-order valence-electron chi connectivity index (χ0n) is 9.78. The number of aromatic nitrogens is 1. The molecule has 0 aromatic carbocycles. The van der Waals surface area contributed by atoms with Crippen LogP contribution in [0.1, 0.15) is 5.69 Å². The van der Waals surface area contributed by atoms with Gasteiger partial charge in [-0.25, -0.2) is 0 Å². The van der Waals surface area contributed by atoms with E-state index in [0.717, 1.165) is 0 Å². The number of carbonyl (C=O) groups excluding carboxylic acids is 1. The highest BCUT2D eigenvalue weighted by molar-refractivity contribution is 5.81. The van der Waals surface area contributed by atoms with Crippen LogP contribution in [0.2, 0.25) is 0 Å². The first-order valence-electron chi connectivity index (χ1n) is 5.20. The van der Waals surface area contributed by atoms with E-state index in [0.29, 0.717) is 10.6 Å². The smallest absolute Gasteiger partial charge is 0.383 e.